The summed E-state index contributed by atoms with van der Waals surface area (Å²) in [5.41, 5.74) is 3.02. The first-order valence-electron chi connectivity index (χ1n) is 18.2. The fourth-order valence-electron chi connectivity index (χ4n) is 5.88. The van der Waals surface area contributed by atoms with Crippen LogP contribution in [-0.4, -0.2) is 69.2 Å². The molecule has 4 atom stereocenters. The summed E-state index contributed by atoms with van der Waals surface area (Å²) >= 11 is 0. The number of hydrogen-bond acceptors (Lipinski definition) is 7. The fourth-order valence-corrected chi connectivity index (χ4v) is 5.88. The fraction of sp³-hybridized carbons (Fsp3) is 0.366. The number of nitrogens with one attached hydrogen (secondary N) is 6. The topological polar surface area (TPSA) is 186 Å². The van der Waals surface area contributed by atoms with Gasteiger partial charge in [0.2, 0.25) is 11.8 Å². The van der Waals surface area contributed by atoms with Crippen LogP contribution in [0.3, 0.4) is 0 Å². The molecular formula is C41H52N8O5. The molecule has 0 aliphatic heterocycles. The lowest BCUT2D eigenvalue weighted by atomic mass is 9.91. The second-order valence-electron chi connectivity index (χ2n) is 13.8. The number of aromatic nitrogens is 2. The summed E-state index contributed by atoms with van der Waals surface area (Å²) in [6.45, 7) is 7.61. The largest absolute Gasteiger partial charge is 0.389 e. The Hall–Kier alpha value is -5.82. The number of aliphatic hydroxyl groups is 1. The van der Waals surface area contributed by atoms with E-state index >= 15 is 0 Å². The first-order valence-corrected chi connectivity index (χ1v) is 18.2. The lowest BCUT2D eigenvalue weighted by Crippen LogP contribution is -2.62. The summed E-state index contributed by atoms with van der Waals surface area (Å²) in [6, 6.07) is 24.8. The Bertz CT molecular complexity index is 1620. The van der Waals surface area contributed by atoms with Crippen LogP contribution < -0.4 is 31.9 Å². The van der Waals surface area contributed by atoms with Crippen molar-refractivity contribution in [1.29, 1.82) is 0 Å². The summed E-state index contributed by atoms with van der Waals surface area (Å²) in [5.74, 6) is -1.59. The molecule has 286 valence electrons. The molecule has 0 radical (unpaired) electrons. The number of carbonyl (C=O) groups is 4. The van der Waals surface area contributed by atoms with Crippen LogP contribution in [-0.2, 0) is 35.5 Å². The second kappa shape index (κ2) is 21.0. The molecule has 54 heavy (non-hydrogen) atoms. The van der Waals surface area contributed by atoms with Crippen molar-refractivity contribution in [3.8, 4) is 0 Å². The third kappa shape index (κ3) is 13.3. The smallest absolute Gasteiger partial charge is 0.315 e. The van der Waals surface area contributed by atoms with E-state index in [0.29, 0.717) is 11.4 Å². The minimum atomic E-state index is -1.30. The van der Waals surface area contributed by atoms with E-state index in [1.807, 2.05) is 100 Å². The van der Waals surface area contributed by atoms with Gasteiger partial charge in [-0.15, -0.1) is 0 Å². The minimum Gasteiger partial charge on any atom is -0.389 e. The molecule has 2 unspecified atom stereocenters. The van der Waals surface area contributed by atoms with Crippen LogP contribution in [0.4, 0.5) is 9.59 Å². The molecule has 0 aliphatic carbocycles. The normalized spacial score (nSPS) is 13.8. The van der Waals surface area contributed by atoms with Crippen LogP contribution in [0.5, 0.6) is 0 Å². The number of amides is 6. The van der Waals surface area contributed by atoms with E-state index in [4.69, 9.17) is 0 Å². The van der Waals surface area contributed by atoms with E-state index in [1.54, 1.807) is 36.7 Å². The molecule has 2 aromatic heterocycles. The molecule has 13 heteroatoms. The number of benzene rings is 2. The first kappa shape index (κ1) is 40.9. The van der Waals surface area contributed by atoms with Crippen molar-refractivity contribution in [1.82, 2.24) is 41.9 Å². The van der Waals surface area contributed by atoms with E-state index in [-0.39, 0.29) is 37.8 Å². The van der Waals surface area contributed by atoms with Crippen LogP contribution in [0, 0.1) is 11.8 Å². The maximum absolute atomic E-state index is 14.0. The molecule has 0 spiro atoms. The number of nitrogens with zero attached hydrogens (tertiary/aromatic N) is 2. The number of urea groups is 2. The molecular weight excluding hydrogens is 685 g/mol. The number of aliphatic hydroxyl groups excluding tert-OH is 1. The summed E-state index contributed by atoms with van der Waals surface area (Å²) < 4.78 is 0. The maximum Gasteiger partial charge on any atom is 0.315 e. The zero-order valence-electron chi connectivity index (χ0n) is 31.2. The molecule has 7 N–H and O–H groups in total. The lowest BCUT2D eigenvalue weighted by molar-refractivity contribution is -0.126. The average molecular weight is 737 g/mol. The molecule has 13 nitrogen and oxygen atoms in total. The van der Waals surface area contributed by atoms with Gasteiger partial charge in [-0.05, 0) is 60.1 Å². The van der Waals surface area contributed by atoms with Gasteiger partial charge in [-0.25, -0.2) is 9.59 Å². The Balaban J connectivity index is 1.54. The number of hydrogen-bond donors (Lipinski definition) is 7. The van der Waals surface area contributed by atoms with Gasteiger partial charge in [0.25, 0.3) is 0 Å². The highest BCUT2D eigenvalue weighted by molar-refractivity contribution is 5.88. The highest BCUT2D eigenvalue weighted by Gasteiger charge is 2.35. The molecule has 0 aliphatic rings. The van der Waals surface area contributed by atoms with Crippen LogP contribution in [0.1, 0.15) is 50.2 Å². The maximum atomic E-state index is 14.0. The highest BCUT2D eigenvalue weighted by Crippen LogP contribution is 2.16. The Morgan fingerprint density at radius 2 is 0.907 bits per heavy atom. The molecule has 4 aromatic rings. The van der Waals surface area contributed by atoms with Gasteiger partial charge in [0.1, 0.15) is 12.1 Å². The Morgan fingerprint density at radius 1 is 0.537 bits per heavy atom. The molecule has 0 bridgehead atoms. The molecule has 0 saturated heterocycles. The molecule has 4 rings (SSSR count). The Labute approximate surface area is 317 Å². The van der Waals surface area contributed by atoms with Gasteiger partial charge in [0.05, 0.1) is 42.7 Å². The van der Waals surface area contributed by atoms with Gasteiger partial charge < -0.3 is 37.0 Å². The van der Waals surface area contributed by atoms with E-state index in [9.17, 15) is 24.3 Å². The van der Waals surface area contributed by atoms with Crippen molar-refractivity contribution < 1.29 is 24.3 Å². The summed E-state index contributed by atoms with van der Waals surface area (Å²) in [7, 11) is 0. The van der Waals surface area contributed by atoms with E-state index in [0.717, 1.165) is 11.1 Å². The quantitative estimate of drug-likeness (QED) is 0.0813. The summed E-state index contributed by atoms with van der Waals surface area (Å²) in [5, 5.41) is 29.2. The predicted molar refractivity (Wildman–Crippen MR) is 207 cm³/mol. The van der Waals surface area contributed by atoms with Crippen LogP contribution >= 0.6 is 0 Å². The van der Waals surface area contributed by atoms with Crippen molar-refractivity contribution in [2.75, 3.05) is 0 Å². The van der Waals surface area contributed by atoms with Crippen LogP contribution in [0.2, 0.25) is 0 Å². The van der Waals surface area contributed by atoms with Gasteiger partial charge in [0.15, 0.2) is 0 Å². The molecule has 0 saturated carbocycles. The molecule has 0 fully saturated rings. The molecule has 2 aromatic carbocycles. The zero-order chi connectivity index (χ0) is 38.9. The van der Waals surface area contributed by atoms with Gasteiger partial charge in [-0.1, -0.05) is 100 Å². The van der Waals surface area contributed by atoms with Crippen molar-refractivity contribution >= 4 is 23.9 Å². The SMILES string of the molecule is CC(C)C(NC(=O)NCc1ccccn1)C(=O)N[C@@H](Cc1ccccc1)C(O)[C@H](Cc1ccccc1)NC(=O)C(NC(=O)NCc1ccccn1)C(C)C. The summed E-state index contributed by atoms with van der Waals surface area (Å²) in [4.78, 5) is 62.2. The van der Waals surface area contributed by atoms with Gasteiger partial charge in [-0.2, -0.15) is 0 Å². The number of carbonyl (C=O) groups excluding carboxylic acids is 4. The summed E-state index contributed by atoms with van der Waals surface area (Å²) in [6.07, 6.45) is 2.43. The van der Waals surface area contributed by atoms with Crippen LogP contribution in [0.25, 0.3) is 0 Å². The molecule has 2 heterocycles. The molecule has 6 amide bonds. The van der Waals surface area contributed by atoms with Crippen molar-refractivity contribution in [2.24, 2.45) is 11.8 Å². The van der Waals surface area contributed by atoms with Gasteiger partial charge >= 0.3 is 12.1 Å². The van der Waals surface area contributed by atoms with Gasteiger partial charge in [0, 0.05) is 12.4 Å². The number of pyridine rings is 2. The van der Waals surface area contributed by atoms with Crippen molar-refractivity contribution in [2.45, 2.75) is 83.9 Å². The third-order valence-electron chi connectivity index (χ3n) is 8.86. The van der Waals surface area contributed by atoms with Crippen molar-refractivity contribution in [3.63, 3.8) is 0 Å². The third-order valence-corrected chi connectivity index (χ3v) is 8.86. The predicted octanol–water partition coefficient (Wildman–Crippen LogP) is 3.64. The Kier molecular flexibility index (Phi) is 15.9. The van der Waals surface area contributed by atoms with E-state index in [2.05, 4.69) is 41.9 Å². The lowest BCUT2D eigenvalue weighted by Gasteiger charge is -2.34. The van der Waals surface area contributed by atoms with Crippen LogP contribution in [0.15, 0.2) is 109 Å². The average Bonchev–Trinajstić information content (AvgIpc) is 3.17. The van der Waals surface area contributed by atoms with E-state index < -0.39 is 54.1 Å². The second-order valence-corrected chi connectivity index (χ2v) is 13.8. The standard InChI is InChI=1S/C41H52N8O5/c1-27(2)35(48-40(53)44-25-31-19-11-13-21-42-31)38(51)46-33(23-29-15-7-5-8-16-29)37(50)34(24-30-17-9-6-10-18-30)47-39(52)36(28(3)4)49-41(54)45-26-32-20-12-14-22-43-32/h5-22,27-28,33-37,50H,23-26H2,1-4H3,(H,46,51)(H,47,52)(H2,44,48,53)(H2,45,49,54)/t33-,34-,35?,36?,37?/m0/s1. The minimum absolute atomic E-state index is 0.174. The van der Waals surface area contributed by atoms with Crippen molar-refractivity contribution in [3.05, 3.63) is 132 Å². The highest BCUT2D eigenvalue weighted by atomic mass is 16.3. The van der Waals surface area contributed by atoms with E-state index in [1.165, 1.54) is 0 Å². The Morgan fingerprint density at radius 3 is 1.24 bits per heavy atom. The zero-order valence-corrected chi connectivity index (χ0v) is 31.2. The first-order chi connectivity index (χ1) is 26.0. The monoisotopic (exact) mass is 736 g/mol. The van der Waals surface area contributed by atoms with Gasteiger partial charge in [-0.3, -0.25) is 19.6 Å². The number of rotatable bonds is 18.